The van der Waals surface area contributed by atoms with Gasteiger partial charge in [-0.1, -0.05) is 19.3 Å². The number of hydrogen-bond donors (Lipinski definition) is 1. The first-order valence-electron chi connectivity index (χ1n) is 10.2. The normalized spacial score (nSPS) is 21.2. The summed E-state index contributed by atoms with van der Waals surface area (Å²) >= 11 is 0. The number of carbonyl (C=O) groups excluding carboxylic acids is 1. The number of piperidine rings is 1. The zero-order valence-corrected chi connectivity index (χ0v) is 15.9. The molecule has 1 saturated carbocycles. The highest BCUT2D eigenvalue weighted by Crippen LogP contribution is 2.27. The first kappa shape index (κ1) is 18.0. The van der Waals surface area contributed by atoms with Crippen LogP contribution in [0.25, 0.3) is 0 Å². The van der Waals surface area contributed by atoms with Gasteiger partial charge in [0.25, 0.3) is 0 Å². The van der Waals surface area contributed by atoms with Gasteiger partial charge in [0, 0.05) is 56.4 Å². The van der Waals surface area contributed by atoms with E-state index in [1.54, 1.807) is 0 Å². The SMILES string of the molecule is O=C(NC1CCCCC1)N1CCC[C@@H](c2nccn2Cc2ccncc2)C1. The summed E-state index contributed by atoms with van der Waals surface area (Å²) in [6.07, 6.45) is 15.7. The number of hydrogen-bond acceptors (Lipinski definition) is 3. The smallest absolute Gasteiger partial charge is 0.317 e. The molecule has 4 rings (SSSR count). The fourth-order valence-corrected chi connectivity index (χ4v) is 4.38. The third kappa shape index (κ3) is 4.49. The van der Waals surface area contributed by atoms with Crippen molar-refractivity contribution in [1.29, 1.82) is 0 Å². The van der Waals surface area contributed by atoms with Crippen LogP contribution in [0.1, 0.15) is 62.3 Å². The van der Waals surface area contributed by atoms with E-state index in [9.17, 15) is 4.79 Å². The van der Waals surface area contributed by atoms with E-state index in [0.717, 1.165) is 51.1 Å². The number of nitrogens with zero attached hydrogens (tertiary/aromatic N) is 4. The number of imidazole rings is 1. The topological polar surface area (TPSA) is 63.1 Å². The highest BCUT2D eigenvalue weighted by molar-refractivity contribution is 5.74. The van der Waals surface area contributed by atoms with E-state index in [1.807, 2.05) is 41.8 Å². The molecule has 0 aromatic carbocycles. The Hall–Kier alpha value is -2.37. The fraction of sp³-hybridized carbons (Fsp3) is 0.571. The molecule has 1 aliphatic heterocycles. The molecule has 2 aromatic heterocycles. The minimum absolute atomic E-state index is 0.110. The van der Waals surface area contributed by atoms with Crippen molar-refractivity contribution in [2.24, 2.45) is 0 Å². The van der Waals surface area contributed by atoms with E-state index >= 15 is 0 Å². The van der Waals surface area contributed by atoms with E-state index in [-0.39, 0.29) is 6.03 Å². The molecule has 6 nitrogen and oxygen atoms in total. The number of likely N-dealkylation sites (tertiary alicyclic amines) is 1. The summed E-state index contributed by atoms with van der Waals surface area (Å²) in [7, 11) is 0. The Morgan fingerprint density at radius 1 is 1.07 bits per heavy atom. The molecule has 0 spiro atoms. The maximum Gasteiger partial charge on any atom is 0.317 e. The van der Waals surface area contributed by atoms with Crippen molar-refractivity contribution >= 4 is 6.03 Å². The predicted molar refractivity (Wildman–Crippen MR) is 105 cm³/mol. The van der Waals surface area contributed by atoms with E-state index in [0.29, 0.717) is 12.0 Å². The van der Waals surface area contributed by atoms with Gasteiger partial charge < -0.3 is 14.8 Å². The van der Waals surface area contributed by atoms with Gasteiger partial charge in [-0.15, -0.1) is 0 Å². The Balaban J connectivity index is 1.39. The third-order valence-corrected chi connectivity index (χ3v) is 5.86. The Morgan fingerprint density at radius 3 is 2.70 bits per heavy atom. The minimum atomic E-state index is 0.110. The van der Waals surface area contributed by atoms with Crippen LogP contribution in [0.3, 0.4) is 0 Å². The van der Waals surface area contributed by atoms with Crippen LogP contribution in [0.15, 0.2) is 36.9 Å². The lowest BCUT2D eigenvalue weighted by molar-refractivity contribution is 0.171. The molecule has 2 aliphatic rings. The van der Waals surface area contributed by atoms with Crippen LogP contribution in [0, 0.1) is 0 Å². The Kier molecular flexibility index (Phi) is 5.70. The number of carbonyl (C=O) groups is 1. The first-order valence-corrected chi connectivity index (χ1v) is 10.2. The second-order valence-corrected chi connectivity index (χ2v) is 7.84. The molecule has 27 heavy (non-hydrogen) atoms. The van der Waals surface area contributed by atoms with Gasteiger partial charge in [0.05, 0.1) is 0 Å². The maximum atomic E-state index is 12.7. The van der Waals surface area contributed by atoms with Gasteiger partial charge in [-0.2, -0.15) is 0 Å². The zero-order chi connectivity index (χ0) is 18.5. The highest BCUT2D eigenvalue weighted by Gasteiger charge is 2.28. The van der Waals surface area contributed by atoms with Crippen molar-refractivity contribution in [3.63, 3.8) is 0 Å². The second kappa shape index (κ2) is 8.55. The van der Waals surface area contributed by atoms with Crippen molar-refractivity contribution in [2.75, 3.05) is 13.1 Å². The van der Waals surface area contributed by atoms with Crippen LogP contribution in [0.2, 0.25) is 0 Å². The maximum absolute atomic E-state index is 12.7. The van der Waals surface area contributed by atoms with Crippen molar-refractivity contribution in [3.8, 4) is 0 Å². The Labute approximate surface area is 161 Å². The van der Waals surface area contributed by atoms with Gasteiger partial charge in [-0.05, 0) is 43.4 Å². The van der Waals surface area contributed by atoms with Crippen LogP contribution in [0.5, 0.6) is 0 Å². The van der Waals surface area contributed by atoms with Crippen molar-refractivity contribution < 1.29 is 4.79 Å². The lowest BCUT2D eigenvalue weighted by Crippen LogP contribution is -2.48. The summed E-state index contributed by atoms with van der Waals surface area (Å²) in [5.41, 5.74) is 1.21. The van der Waals surface area contributed by atoms with Crippen LogP contribution in [-0.4, -0.2) is 44.6 Å². The van der Waals surface area contributed by atoms with Gasteiger partial charge in [0.15, 0.2) is 0 Å². The van der Waals surface area contributed by atoms with Crippen LogP contribution >= 0.6 is 0 Å². The van der Waals surface area contributed by atoms with E-state index < -0.39 is 0 Å². The van der Waals surface area contributed by atoms with E-state index in [4.69, 9.17) is 0 Å². The number of aromatic nitrogens is 3. The number of rotatable bonds is 4. The summed E-state index contributed by atoms with van der Waals surface area (Å²) in [6.45, 7) is 2.40. The number of urea groups is 1. The molecule has 0 bridgehead atoms. The molecule has 1 atom stereocenters. The molecule has 6 heteroatoms. The van der Waals surface area contributed by atoms with E-state index in [2.05, 4.69) is 19.9 Å². The van der Waals surface area contributed by atoms with Crippen molar-refractivity contribution in [2.45, 2.75) is 63.5 Å². The number of pyridine rings is 1. The summed E-state index contributed by atoms with van der Waals surface area (Å²) in [4.78, 5) is 23.5. The van der Waals surface area contributed by atoms with Gasteiger partial charge in [0.1, 0.15) is 5.82 Å². The standard InChI is InChI=1S/C21H29N5O/c27-21(24-19-6-2-1-3-7-19)26-13-4-5-18(16-26)20-23-12-14-25(20)15-17-8-10-22-11-9-17/h8-12,14,18-19H,1-7,13,15-16H2,(H,24,27)/t18-/m1/s1. The number of nitrogens with one attached hydrogen (secondary N) is 1. The predicted octanol–water partition coefficient (Wildman–Crippen LogP) is 3.55. The molecule has 1 saturated heterocycles. The molecule has 2 aromatic rings. The first-order chi connectivity index (χ1) is 13.3. The van der Waals surface area contributed by atoms with E-state index in [1.165, 1.54) is 24.8 Å². The third-order valence-electron chi connectivity index (χ3n) is 5.86. The average Bonchev–Trinajstić information content (AvgIpc) is 3.18. The average molecular weight is 367 g/mol. The molecule has 2 fully saturated rings. The fourth-order valence-electron chi connectivity index (χ4n) is 4.38. The molecule has 0 radical (unpaired) electrons. The zero-order valence-electron chi connectivity index (χ0n) is 15.9. The molecule has 1 aliphatic carbocycles. The summed E-state index contributed by atoms with van der Waals surface area (Å²) in [6, 6.07) is 4.54. The largest absolute Gasteiger partial charge is 0.335 e. The van der Waals surface area contributed by atoms with Gasteiger partial charge in [-0.3, -0.25) is 4.98 Å². The van der Waals surface area contributed by atoms with Crippen LogP contribution in [-0.2, 0) is 6.54 Å². The van der Waals surface area contributed by atoms with Crippen molar-refractivity contribution in [1.82, 2.24) is 24.8 Å². The van der Waals surface area contributed by atoms with Gasteiger partial charge >= 0.3 is 6.03 Å². The van der Waals surface area contributed by atoms with Gasteiger partial charge in [0.2, 0.25) is 0 Å². The Bertz CT molecular complexity index is 738. The number of amides is 2. The Morgan fingerprint density at radius 2 is 1.89 bits per heavy atom. The minimum Gasteiger partial charge on any atom is -0.335 e. The molecule has 0 unspecified atom stereocenters. The van der Waals surface area contributed by atoms with Crippen molar-refractivity contribution in [3.05, 3.63) is 48.3 Å². The molecule has 144 valence electrons. The molecular formula is C21H29N5O. The summed E-state index contributed by atoms with van der Waals surface area (Å²) in [5, 5.41) is 3.26. The lowest BCUT2D eigenvalue weighted by atomic mass is 9.95. The quantitative estimate of drug-likeness (QED) is 0.899. The summed E-state index contributed by atoms with van der Waals surface area (Å²) in [5.74, 6) is 1.38. The lowest BCUT2D eigenvalue weighted by Gasteiger charge is -2.34. The molecule has 1 N–H and O–H groups in total. The second-order valence-electron chi connectivity index (χ2n) is 7.84. The van der Waals surface area contributed by atoms with Crippen LogP contribution in [0.4, 0.5) is 4.79 Å². The molecule has 2 amide bonds. The molecule has 3 heterocycles. The van der Waals surface area contributed by atoms with Gasteiger partial charge in [-0.25, -0.2) is 9.78 Å². The monoisotopic (exact) mass is 367 g/mol. The summed E-state index contributed by atoms with van der Waals surface area (Å²) < 4.78 is 2.21. The van der Waals surface area contributed by atoms with Crippen LogP contribution < -0.4 is 5.32 Å². The molecular weight excluding hydrogens is 338 g/mol. The highest BCUT2D eigenvalue weighted by atomic mass is 16.2.